The molecule has 0 bridgehead atoms. The third-order valence-corrected chi connectivity index (χ3v) is 7.21. The molecule has 2 amide bonds. The molecule has 3 rings (SSSR count). The van der Waals surface area contributed by atoms with E-state index in [2.05, 4.69) is 5.32 Å². The van der Waals surface area contributed by atoms with Crippen molar-refractivity contribution in [2.45, 2.75) is 52.7 Å². The van der Waals surface area contributed by atoms with Gasteiger partial charge in [0.15, 0.2) is 0 Å². The Kier molecular flexibility index (Phi) is 10.1. The predicted octanol–water partition coefficient (Wildman–Crippen LogP) is 4.89. The molecule has 208 valence electrons. The van der Waals surface area contributed by atoms with Crippen LogP contribution in [0.5, 0.6) is 11.5 Å². The van der Waals surface area contributed by atoms with Crippen LogP contribution in [0.2, 0.25) is 0 Å². The number of rotatable bonds is 12. The van der Waals surface area contributed by atoms with Crippen LogP contribution in [0.1, 0.15) is 38.3 Å². The molecule has 0 unspecified atom stereocenters. The number of aryl methyl sites for hydroxylation is 1. The number of carbonyl (C=O) groups is 2. The molecular weight excluding hydrogens is 514 g/mol. The third-order valence-electron chi connectivity index (χ3n) is 6.07. The molecule has 0 spiro atoms. The zero-order valence-electron chi connectivity index (χ0n) is 23.1. The van der Waals surface area contributed by atoms with Crippen molar-refractivity contribution in [3.63, 3.8) is 0 Å². The fourth-order valence-electron chi connectivity index (χ4n) is 4.11. The normalized spacial score (nSPS) is 12.1. The van der Waals surface area contributed by atoms with Crippen LogP contribution >= 0.6 is 0 Å². The first-order chi connectivity index (χ1) is 18.5. The molecule has 8 nitrogen and oxygen atoms in total. The molecule has 0 radical (unpaired) electrons. The van der Waals surface area contributed by atoms with Gasteiger partial charge in [0.2, 0.25) is 21.8 Å². The van der Waals surface area contributed by atoms with E-state index < -0.39 is 28.5 Å². The van der Waals surface area contributed by atoms with E-state index in [1.807, 2.05) is 82.3 Å². The molecular formula is C30H37N3O5S. The summed E-state index contributed by atoms with van der Waals surface area (Å²) in [6, 6.07) is 22.6. The second-order valence-corrected chi connectivity index (χ2v) is 11.7. The molecule has 3 aromatic carbocycles. The summed E-state index contributed by atoms with van der Waals surface area (Å²) >= 11 is 0. The van der Waals surface area contributed by atoms with Crippen molar-refractivity contribution in [3.8, 4) is 11.5 Å². The first-order valence-corrected chi connectivity index (χ1v) is 14.8. The molecule has 0 aliphatic carbocycles. The van der Waals surface area contributed by atoms with E-state index in [-0.39, 0.29) is 18.5 Å². The molecule has 3 aromatic rings. The number of para-hydroxylation sites is 1. The van der Waals surface area contributed by atoms with Crippen LogP contribution in [0.15, 0.2) is 78.9 Å². The SMILES string of the molecule is CC[C@H](C(=O)NC(C)C)N(Cc1ccc(C)cc1)C(=O)CN(c1ccc(Oc2ccccc2)cc1)S(C)(=O)=O. The van der Waals surface area contributed by atoms with Gasteiger partial charge in [0, 0.05) is 12.6 Å². The number of amides is 2. The number of benzene rings is 3. The van der Waals surface area contributed by atoms with Crippen LogP contribution in [0, 0.1) is 6.92 Å². The Balaban J connectivity index is 1.89. The summed E-state index contributed by atoms with van der Waals surface area (Å²) in [6.45, 7) is 7.23. The molecule has 0 saturated carbocycles. The van der Waals surface area contributed by atoms with Crippen molar-refractivity contribution in [1.82, 2.24) is 10.2 Å². The van der Waals surface area contributed by atoms with Gasteiger partial charge < -0.3 is 15.0 Å². The largest absolute Gasteiger partial charge is 0.457 e. The quantitative estimate of drug-likeness (QED) is 0.346. The van der Waals surface area contributed by atoms with Crippen molar-refractivity contribution in [2.24, 2.45) is 0 Å². The van der Waals surface area contributed by atoms with Crippen LogP contribution in [0.3, 0.4) is 0 Å². The minimum absolute atomic E-state index is 0.105. The highest BCUT2D eigenvalue weighted by Gasteiger charge is 2.32. The Hall–Kier alpha value is -3.85. The summed E-state index contributed by atoms with van der Waals surface area (Å²) in [6.07, 6.45) is 1.43. The van der Waals surface area contributed by atoms with Gasteiger partial charge in [0.25, 0.3) is 0 Å². The zero-order valence-corrected chi connectivity index (χ0v) is 23.9. The van der Waals surface area contributed by atoms with Gasteiger partial charge in [0.1, 0.15) is 24.1 Å². The van der Waals surface area contributed by atoms with Gasteiger partial charge in [0.05, 0.1) is 11.9 Å². The maximum absolute atomic E-state index is 13.8. The Morgan fingerprint density at radius 1 is 0.897 bits per heavy atom. The second kappa shape index (κ2) is 13.3. The van der Waals surface area contributed by atoms with Crippen molar-refractivity contribution in [3.05, 3.63) is 90.0 Å². The van der Waals surface area contributed by atoms with E-state index in [0.29, 0.717) is 23.6 Å². The molecule has 0 heterocycles. The molecule has 39 heavy (non-hydrogen) atoms. The van der Waals surface area contributed by atoms with E-state index in [1.165, 1.54) is 4.90 Å². The number of carbonyl (C=O) groups excluding carboxylic acids is 2. The number of ether oxygens (including phenoxy) is 1. The fourth-order valence-corrected chi connectivity index (χ4v) is 4.96. The summed E-state index contributed by atoms with van der Waals surface area (Å²) in [5.41, 5.74) is 2.24. The van der Waals surface area contributed by atoms with E-state index in [1.54, 1.807) is 24.3 Å². The Morgan fingerprint density at radius 3 is 2.03 bits per heavy atom. The van der Waals surface area contributed by atoms with Crippen LogP contribution in [0.25, 0.3) is 0 Å². The van der Waals surface area contributed by atoms with Crippen molar-refractivity contribution in [2.75, 3.05) is 17.1 Å². The Morgan fingerprint density at radius 2 is 1.49 bits per heavy atom. The first-order valence-electron chi connectivity index (χ1n) is 12.9. The average molecular weight is 552 g/mol. The molecule has 0 saturated heterocycles. The zero-order chi connectivity index (χ0) is 28.6. The van der Waals surface area contributed by atoms with Crippen molar-refractivity contribution >= 4 is 27.5 Å². The van der Waals surface area contributed by atoms with Gasteiger partial charge >= 0.3 is 0 Å². The van der Waals surface area contributed by atoms with E-state index >= 15 is 0 Å². The molecule has 1 N–H and O–H groups in total. The maximum atomic E-state index is 13.8. The second-order valence-electron chi connectivity index (χ2n) is 9.77. The summed E-state index contributed by atoms with van der Waals surface area (Å²) in [5.74, 6) is 0.428. The lowest BCUT2D eigenvalue weighted by atomic mass is 10.1. The smallest absolute Gasteiger partial charge is 0.244 e. The monoisotopic (exact) mass is 551 g/mol. The van der Waals surface area contributed by atoms with Crippen LogP contribution in [-0.4, -0.2) is 50.0 Å². The molecule has 0 aromatic heterocycles. The highest BCUT2D eigenvalue weighted by Crippen LogP contribution is 2.26. The number of nitrogens with zero attached hydrogens (tertiary/aromatic N) is 2. The van der Waals surface area contributed by atoms with Crippen LogP contribution < -0.4 is 14.4 Å². The molecule has 1 atom stereocenters. The molecule has 0 fully saturated rings. The third kappa shape index (κ3) is 8.58. The molecule has 9 heteroatoms. The van der Waals surface area contributed by atoms with Crippen molar-refractivity contribution < 1.29 is 22.7 Å². The number of hydrogen-bond donors (Lipinski definition) is 1. The standard InChI is InChI=1S/C30H37N3O5S/c1-6-28(30(35)31-22(2)3)32(20-24-14-12-23(4)13-15-24)29(34)21-33(39(5,36)37)25-16-18-27(19-17-25)38-26-10-8-7-9-11-26/h7-19,22,28H,6,20-21H2,1-5H3,(H,31,35)/t28-/m1/s1. The molecule has 0 aliphatic rings. The Bertz CT molecular complexity index is 1340. The van der Waals surface area contributed by atoms with Crippen molar-refractivity contribution in [1.29, 1.82) is 0 Å². The lowest BCUT2D eigenvalue weighted by molar-refractivity contribution is -0.140. The summed E-state index contributed by atoms with van der Waals surface area (Å²) in [4.78, 5) is 28.3. The van der Waals surface area contributed by atoms with Gasteiger partial charge in [-0.15, -0.1) is 0 Å². The maximum Gasteiger partial charge on any atom is 0.244 e. The first kappa shape index (κ1) is 29.7. The van der Waals surface area contributed by atoms with Gasteiger partial charge in [-0.05, 0) is 69.2 Å². The lowest BCUT2D eigenvalue weighted by Gasteiger charge is -2.33. The van der Waals surface area contributed by atoms with Crippen LogP contribution in [-0.2, 0) is 26.2 Å². The molecule has 0 aliphatic heterocycles. The van der Waals surface area contributed by atoms with Gasteiger partial charge in [-0.25, -0.2) is 8.42 Å². The van der Waals surface area contributed by atoms with E-state index in [4.69, 9.17) is 4.74 Å². The van der Waals surface area contributed by atoms with E-state index in [9.17, 15) is 18.0 Å². The van der Waals surface area contributed by atoms with E-state index in [0.717, 1.165) is 21.7 Å². The number of sulfonamides is 1. The fraction of sp³-hybridized carbons (Fsp3) is 0.333. The summed E-state index contributed by atoms with van der Waals surface area (Å²) < 4.78 is 32.5. The van der Waals surface area contributed by atoms with Gasteiger partial charge in [-0.1, -0.05) is 55.0 Å². The minimum atomic E-state index is -3.82. The highest BCUT2D eigenvalue weighted by molar-refractivity contribution is 7.92. The average Bonchev–Trinajstić information content (AvgIpc) is 2.88. The number of nitrogens with one attached hydrogen (secondary N) is 1. The highest BCUT2D eigenvalue weighted by atomic mass is 32.2. The van der Waals surface area contributed by atoms with Gasteiger partial charge in [-0.2, -0.15) is 0 Å². The Labute approximate surface area is 231 Å². The lowest BCUT2D eigenvalue weighted by Crippen LogP contribution is -2.53. The topological polar surface area (TPSA) is 96.0 Å². The number of hydrogen-bond acceptors (Lipinski definition) is 5. The van der Waals surface area contributed by atoms with Crippen LogP contribution in [0.4, 0.5) is 5.69 Å². The summed E-state index contributed by atoms with van der Waals surface area (Å²) in [5, 5.41) is 2.89. The van der Waals surface area contributed by atoms with Gasteiger partial charge in [-0.3, -0.25) is 13.9 Å². The summed E-state index contributed by atoms with van der Waals surface area (Å²) in [7, 11) is -3.82. The predicted molar refractivity (Wildman–Crippen MR) is 154 cm³/mol. The number of anilines is 1. The minimum Gasteiger partial charge on any atom is -0.457 e.